The number of nitrogens with zero attached hydrogens (tertiary/aromatic N) is 3. The Bertz CT molecular complexity index is 987. The summed E-state index contributed by atoms with van der Waals surface area (Å²) in [5, 5.41) is 13.2. The van der Waals surface area contributed by atoms with Crippen LogP contribution in [0.15, 0.2) is 35.8 Å². The van der Waals surface area contributed by atoms with Gasteiger partial charge in [0.2, 0.25) is 0 Å². The normalized spacial score (nSPS) is 14.2. The third-order valence-corrected chi connectivity index (χ3v) is 6.12. The maximum Gasteiger partial charge on any atom is 0.188 e. The molecule has 4 N–H and O–H groups in total. The Labute approximate surface area is 200 Å². The molecule has 0 radical (unpaired) electrons. The number of nitrogens with one attached hydrogen (secondary N) is 1. The number of aromatic hydroxyl groups is 1. The van der Waals surface area contributed by atoms with Gasteiger partial charge in [0.25, 0.3) is 0 Å². The first-order valence-corrected chi connectivity index (χ1v) is 11.9. The molecule has 1 aliphatic heterocycles. The van der Waals surface area contributed by atoms with Gasteiger partial charge in [0.15, 0.2) is 17.5 Å². The SMILES string of the molecule is CN=C(N)NC(CCCC(=O)CC(=O)CCc1ccc(O)c2c1CCCO2)CCn1ccnc1. The van der Waals surface area contributed by atoms with Crippen molar-refractivity contribution < 1.29 is 19.4 Å². The molecule has 1 atom stereocenters. The van der Waals surface area contributed by atoms with E-state index < -0.39 is 0 Å². The summed E-state index contributed by atoms with van der Waals surface area (Å²) in [5.41, 5.74) is 7.83. The van der Waals surface area contributed by atoms with E-state index >= 15 is 0 Å². The predicted molar refractivity (Wildman–Crippen MR) is 130 cm³/mol. The van der Waals surface area contributed by atoms with Crippen LogP contribution in [0.3, 0.4) is 0 Å². The zero-order valence-corrected chi connectivity index (χ0v) is 19.8. The number of carbonyl (C=O) groups excluding carboxylic acids is 2. The number of ketones is 2. The maximum absolute atomic E-state index is 12.4. The number of carbonyl (C=O) groups is 2. The van der Waals surface area contributed by atoms with Crippen molar-refractivity contribution in [3.63, 3.8) is 0 Å². The second-order valence-corrected chi connectivity index (χ2v) is 8.69. The second-order valence-electron chi connectivity index (χ2n) is 8.69. The number of imidazole rings is 1. The lowest BCUT2D eigenvalue weighted by atomic mass is 9.94. The number of fused-ring (bicyclic) bond motifs is 1. The van der Waals surface area contributed by atoms with Crippen molar-refractivity contribution in [3.05, 3.63) is 42.0 Å². The van der Waals surface area contributed by atoms with Crippen LogP contribution in [0.2, 0.25) is 0 Å². The van der Waals surface area contributed by atoms with Gasteiger partial charge < -0.3 is 25.5 Å². The topological polar surface area (TPSA) is 132 Å². The standard InChI is InChI=1S/C25H35N5O4/c1-27-25(26)29-19(11-13-30-14-12-28-17-30)4-2-5-20(31)16-21(32)9-7-18-8-10-23(33)24-22(18)6-3-15-34-24/h8,10,12,14,17,19,33H,2-7,9,11,13,15-16H2,1H3,(H3,26,27,29). The van der Waals surface area contributed by atoms with E-state index in [1.807, 2.05) is 16.8 Å². The van der Waals surface area contributed by atoms with Crippen molar-refractivity contribution in [2.24, 2.45) is 10.7 Å². The fourth-order valence-corrected chi connectivity index (χ4v) is 4.25. The fraction of sp³-hybridized carbons (Fsp3) is 0.520. The molecule has 1 unspecified atom stereocenters. The average molecular weight is 470 g/mol. The summed E-state index contributed by atoms with van der Waals surface area (Å²) in [7, 11) is 1.63. The van der Waals surface area contributed by atoms with Crippen molar-refractivity contribution in [2.75, 3.05) is 13.7 Å². The monoisotopic (exact) mass is 469 g/mol. The lowest BCUT2D eigenvalue weighted by molar-refractivity contribution is -0.127. The quantitative estimate of drug-likeness (QED) is 0.233. The molecular weight excluding hydrogens is 434 g/mol. The van der Waals surface area contributed by atoms with Gasteiger partial charge in [-0.05, 0) is 50.2 Å². The number of benzene rings is 1. The molecule has 9 nitrogen and oxygen atoms in total. The number of hydrogen-bond donors (Lipinski definition) is 3. The Morgan fingerprint density at radius 2 is 2.12 bits per heavy atom. The minimum Gasteiger partial charge on any atom is -0.504 e. The zero-order valence-electron chi connectivity index (χ0n) is 19.8. The lowest BCUT2D eigenvalue weighted by Crippen LogP contribution is -2.40. The number of hydrogen-bond acceptors (Lipinski definition) is 6. The van der Waals surface area contributed by atoms with Crippen LogP contribution < -0.4 is 15.8 Å². The summed E-state index contributed by atoms with van der Waals surface area (Å²) >= 11 is 0. The van der Waals surface area contributed by atoms with Crippen molar-refractivity contribution >= 4 is 17.5 Å². The number of rotatable bonds is 13. The summed E-state index contributed by atoms with van der Waals surface area (Å²) in [6.45, 7) is 1.38. The van der Waals surface area contributed by atoms with E-state index in [1.165, 1.54) is 0 Å². The van der Waals surface area contributed by atoms with Gasteiger partial charge in [0.05, 0.1) is 19.4 Å². The largest absolute Gasteiger partial charge is 0.504 e. The Kier molecular flexibility index (Phi) is 9.49. The highest BCUT2D eigenvalue weighted by atomic mass is 16.5. The third kappa shape index (κ3) is 7.60. The van der Waals surface area contributed by atoms with E-state index in [4.69, 9.17) is 10.5 Å². The Morgan fingerprint density at radius 1 is 1.29 bits per heavy atom. The van der Waals surface area contributed by atoms with E-state index in [9.17, 15) is 14.7 Å². The van der Waals surface area contributed by atoms with Crippen LogP contribution in [-0.2, 0) is 29.0 Å². The Hall–Kier alpha value is -3.36. The average Bonchev–Trinajstić information content (AvgIpc) is 3.36. The van der Waals surface area contributed by atoms with Gasteiger partial charge in [0.1, 0.15) is 11.6 Å². The minimum atomic E-state index is -0.0549. The molecule has 1 aromatic carbocycles. The molecule has 34 heavy (non-hydrogen) atoms. The van der Waals surface area contributed by atoms with Gasteiger partial charge in [0, 0.05) is 50.4 Å². The summed E-state index contributed by atoms with van der Waals surface area (Å²) < 4.78 is 7.58. The summed E-state index contributed by atoms with van der Waals surface area (Å²) in [6.07, 6.45) is 10.6. The van der Waals surface area contributed by atoms with Crippen LogP contribution >= 0.6 is 0 Å². The molecule has 0 saturated carbocycles. The van der Waals surface area contributed by atoms with Crippen molar-refractivity contribution in [1.29, 1.82) is 0 Å². The van der Waals surface area contributed by atoms with E-state index in [0.29, 0.717) is 44.0 Å². The van der Waals surface area contributed by atoms with Crippen molar-refractivity contribution in [1.82, 2.24) is 14.9 Å². The number of Topliss-reactive ketones (excluding diaryl/α,β-unsaturated/α-hetero) is 2. The molecule has 0 bridgehead atoms. The lowest BCUT2D eigenvalue weighted by Gasteiger charge is -2.21. The summed E-state index contributed by atoms with van der Waals surface area (Å²) in [6, 6.07) is 3.54. The van der Waals surface area contributed by atoms with Gasteiger partial charge in [-0.3, -0.25) is 14.6 Å². The van der Waals surface area contributed by atoms with Gasteiger partial charge in [-0.25, -0.2) is 4.98 Å². The first-order chi connectivity index (χ1) is 16.5. The molecule has 0 saturated heterocycles. The molecule has 9 heteroatoms. The Morgan fingerprint density at radius 3 is 2.88 bits per heavy atom. The van der Waals surface area contributed by atoms with Crippen LogP contribution in [-0.4, -0.2) is 51.9 Å². The number of guanidine groups is 1. The molecule has 1 aromatic heterocycles. The highest BCUT2D eigenvalue weighted by Gasteiger charge is 2.19. The molecular formula is C25H35N5O4. The number of ether oxygens (including phenoxy) is 1. The van der Waals surface area contributed by atoms with E-state index in [-0.39, 0.29) is 29.8 Å². The van der Waals surface area contributed by atoms with Crippen LogP contribution in [0.25, 0.3) is 0 Å². The predicted octanol–water partition coefficient (Wildman–Crippen LogP) is 2.54. The summed E-state index contributed by atoms with van der Waals surface area (Å²) in [4.78, 5) is 32.8. The Balaban J connectivity index is 1.41. The van der Waals surface area contributed by atoms with Crippen LogP contribution in [0.5, 0.6) is 11.5 Å². The van der Waals surface area contributed by atoms with Gasteiger partial charge >= 0.3 is 0 Å². The van der Waals surface area contributed by atoms with Gasteiger partial charge in [-0.15, -0.1) is 0 Å². The maximum atomic E-state index is 12.4. The molecule has 2 aromatic rings. The summed E-state index contributed by atoms with van der Waals surface area (Å²) in [5.74, 6) is 0.966. The van der Waals surface area contributed by atoms with Crippen LogP contribution in [0.4, 0.5) is 0 Å². The molecule has 184 valence electrons. The molecule has 0 amide bonds. The number of aliphatic imine (C=N–C) groups is 1. The number of phenolic OH excluding ortho intramolecular Hbond substituents is 1. The smallest absolute Gasteiger partial charge is 0.188 e. The zero-order chi connectivity index (χ0) is 24.3. The van der Waals surface area contributed by atoms with E-state index in [2.05, 4.69) is 15.3 Å². The highest BCUT2D eigenvalue weighted by molar-refractivity contribution is 5.99. The molecule has 0 spiro atoms. The van der Waals surface area contributed by atoms with Gasteiger partial charge in [-0.1, -0.05) is 6.07 Å². The first-order valence-electron chi connectivity index (χ1n) is 11.9. The molecule has 0 fully saturated rings. The van der Waals surface area contributed by atoms with E-state index in [1.54, 1.807) is 25.6 Å². The first kappa shape index (κ1) is 25.3. The number of aromatic nitrogens is 2. The van der Waals surface area contributed by atoms with Crippen molar-refractivity contribution in [3.8, 4) is 11.5 Å². The van der Waals surface area contributed by atoms with E-state index in [0.717, 1.165) is 43.4 Å². The number of aryl methyl sites for hydroxylation is 2. The molecule has 3 rings (SSSR count). The fourth-order valence-electron chi connectivity index (χ4n) is 4.25. The third-order valence-electron chi connectivity index (χ3n) is 6.12. The van der Waals surface area contributed by atoms with Crippen LogP contribution in [0.1, 0.15) is 56.1 Å². The highest BCUT2D eigenvalue weighted by Crippen LogP contribution is 2.36. The van der Waals surface area contributed by atoms with Crippen LogP contribution in [0, 0.1) is 0 Å². The number of phenols is 1. The number of nitrogens with two attached hydrogens (primary N) is 1. The van der Waals surface area contributed by atoms with Crippen molar-refractivity contribution in [2.45, 2.75) is 70.4 Å². The minimum absolute atomic E-state index is 0.0356. The second kappa shape index (κ2) is 12.8. The van der Waals surface area contributed by atoms with Gasteiger partial charge in [-0.2, -0.15) is 0 Å². The molecule has 1 aliphatic rings. The molecule has 0 aliphatic carbocycles. The molecule has 2 heterocycles.